The van der Waals surface area contributed by atoms with E-state index in [0.717, 1.165) is 18.1 Å². The van der Waals surface area contributed by atoms with Crippen LogP contribution in [-0.4, -0.2) is 19.4 Å². The van der Waals surface area contributed by atoms with Gasteiger partial charge in [-0.05, 0) is 38.3 Å². The van der Waals surface area contributed by atoms with Crippen molar-refractivity contribution in [3.05, 3.63) is 69.8 Å². The number of hydrogen-bond acceptors (Lipinski definition) is 4. The highest BCUT2D eigenvalue weighted by Gasteiger charge is 2.21. The fourth-order valence-corrected chi connectivity index (χ4v) is 3.67. The summed E-state index contributed by atoms with van der Waals surface area (Å²) in [6, 6.07) is 13.4. The number of aryl methyl sites for hydroxylation is 2. The van der Waals surface area contributed by atoms with Crippen molar-refractivity contribution in [1.29, 1.82) is 0 Å². The topological polar surface area (TPSA) is 89.3 Å². The first kappa shape index (κ1) is 18.1. The summed E-state index contributed by atoms with van der Waals surface area (Å²) in [7, 11) is -3.79. The molecule has 0 aliphatic carbocycles. The summed E-state index contributed by atoms with van der Waals surface area (Å²) in [4.78, 5) is 10.3. The average Bonchev–Trinajstić information content (AvgIpc) is 2.53. The lowest BCUT2D eigenvalue weighted by molar-refractivity contribution is -0.385. The Morgan fingerprint density at radius 1 is 1.17 bits per heavy atom. The molecular formula is C17H20N2O4S. The van der Waals surface area contributed by atoms with E-state index in [1.54, 1.807) is 13.8 Å². The maximum atomic E-state index is 12.4. The van der Waals surface area contributed by atoms with Gasteiger partial charge in [0.2, 0.25) is 10.0 Å². The van der Waals surface area contributed by atoms with Crippen LogP contribution in [0, 0.1) is 17.0 Å². The van der Waals surface area contributed by atoms with Crippen molar-refractivity contribution in [2.75, 3.05) is 0 Å². The van der Waals surface area contributed by atoms with Crippen LogP contribution < -0.4 is 4.72 Å². The molecule has 0 spiro atoms. The molecule has 0 heterocycles. The van der Waals surface area contributed by atoms with Crippen LogP contribution in [0.5, 0.6) is 0 Å². The molecule has 0 fully saturated rings. The Kier molecular flexibility index (Phi) is 5.69. The van der Waals surface area contributed by atoms with E-state index in [4.69, 9.17) is 0 Å². The molecule has 1 atom stereocenters. The second kappa shape index (κ2) is 7.55. The fraction of sp³-hybridized carbons (Fsp3) is 0.294. The highest BCUT2D eigenvalue weighted by atomic mass is 32.2. The maximum absolute atomic E-state index is 12.4. The number of nitrogens with zero attached hydrogens (tertiary/aromatic N) is 1. The van der Waals surface area contributed by atoms with Gasteiger partial charge in [-0.3, -0.25) is 10.1 Å². The van der Waals surface area contributed by atoms with Gasteiger partial charge in [0.25, 0.3) is 5.69 Å². The Hall–Kier alpha value is -2.25. The van der Waals surface area contributed by atoms with Gasteiger partial charge in [-0.2, -0.15) is 0 Å². The molecule has 7 heteroatoms. The molecule has 0 unspecified atom stereocenters. The molecule has 24 heavy (non-hydrogen) atoms. The van der Waals surface area contributed by atoms with Crippen LogP contribution in [0.25, 0.3) is 0 Å². The zero-order valence-corrected chi connectivity index (χ0v) is 14.4. The van der Waals surface area contributed by atoms with Gasteiger partial charge in [0.1, 0.15) is 0 Å². The lowest BCUT2D eigenvalue weighted by Gasteiger charge is -2.14. The van der Waals surface area contributed by atoms with Gasteiger partial charge in [0.15, 0.2) is 0 Å². The van der Waals surface area contributed by atoms with Crippen LogP contribution in [0.4, 0.5) is 5.69 Å². The molecule has 0 saturated carbocycles. The molecule has 1 N–H and O–H groups in total. The molecule has 0 aliphatic heterocycles. The van der Waals surface area contributed by atoms with Gasteiger partial charge in [-0.25, -0.2) is 13.1 Å². The molecule has 0 radical (unpaired) electrons. The summed E-state index contributed by atoms with van der Waals surface area (Å²) < 4.78 is 27.4. The van der Waals surface area contributed by atoms with E-state index in [0.29, 0.717) is 12.0 Å². The predicted molar refractivity (Wildman–Crippen MR) is 92.4 cm³/mol. The van der Waals surface area contributed by atoms with Gasteiger partial charge >= 0.3 is 0 Å². The van der Waals surface area contributed by atoms with Crippen LogP contribution in [0.3, 0.4) is 0 Å². The van der Waals surface area contributed by atoms with Gasteiger partial charge < -0.3 is 0 Å². The van der Waals surface area contributed by atoms with Crippen LogP contribution in [-0.2, 0) is 16.4 Å². The molecule has 0 saturated heterocycles. The third kappa shape index (κ3) is 4.62. The van der Waals surface area contributed by atoms with Crippen molar-refractivity contribution in [3.8, 4) is 0 Å². The first-order valence-electron chi connectivity index (χ1n) is 7.61. The van der Waals surface area contributed by atoms with Gasteiger partial charge in [-0.15, -0.1) is 0 Å². The third-order valence-electron chi connectivity index (χ3n) is 3.75. The lowest BCUT2D eigenvalue weighted by atomic mass is 10.1. The number of hydrogen-bond donors (Lipinski definition) is 1. The zero-order valence-electron chi connectivity index (χ0n) is 13.6. The van der Waals surface area contributed by atoms with E-state index in [1.165, 1.54) is 12.1 Å². The number of sulfonamides is 1. The summed E-state index contributed by atoms with van der Waals surface area (Å²) in [6.45, 7) is 3.35. The molecule has 0 amide bonds. The minimum atomic E-state index is -3.79. The maximum Gasteiger partial charge on any atom is 0.273 e. The average molecular weight is 348 g/mol. The van der Waals surface area contributed by atoms with E-state index >= 15 is 0 Å². The number of benzene rings is 2. The van der Waals surface area contributed by atoms with Gasteiger partial charge in [0.05, 0.1) is 9.82 Å². The molecule has 0 bridgehead atoms. The van der Waals surface area contributed by atoms with E-state index in [9.17, 15) is 18.5 Å². The van der Waals surface area contributed by atoms with Crippen molar-refractivity contribution < 1.29 is 13.3 Å². The minimum absolute atomic E-state index is 0.0913. The number of nitrogens with one attached hydrogen (secondary N) is 1. The fourth-order valence-electron chi connectivity index (χ4n) is 2.37. The second-order valence-corrected chi connectivity index (χ2v) is 7.47. The summed E-state index contributed by atoms with van der Waals surface area (Å²) in [5, 5.41) is 11.0. The first-order valence-corrected chi connectivity index (χ1v) is 9.09. The Balaban J connectivity index is 2.07. The molecule has 0 aromatic heterocycles. The molecule has 2 aromatic carbocycles. The molecule has 128 valence electrons. The molecule has 2 rings (SSSR count). The Morgan fingerprint density at radius 3 is 2.46 bits per heavy atom. The smallest absolute Gasteiger partial charge is 0.258 e. The number of nitro benzene ring substituents is 1. The lowest BCUT2D eigenvalue weighted by Crippen LogP contribution is -2.33. The van der Waals surface area contributed by atoms with Crippen molar-refractivity contribution in [3.63, 3.8) is 0 Å². The predicted octanol–water partition coefficient (Wildman–Crippen LogP) is 3.20. The summed E-state index contributed by atoms with van der Waals surface area (Å²) in [5.74, 6) is 0. The normalized spacial score (nSPS) is 12.8. The molecule has 2 aromatic rings. The van der Waals surface area contributed by atoms with Crippen LogP contribution in [0.2, 0.25) is 0 Å². The third-order valence-corrected chi connectivity index (χ3v) is 5.34. The molecule has 0 aliphatic rings. The summed E-state index contributed by atoms with van der Waals surface area (Å²) in [5.41, 5.74) is 1.36. The van der Waals surface area contributed by atoms with Crippen molar-refractivity contribution >= 4 is 15.7 Å². The van der Waals surface area contributed by atoms with E-state index in [-0.39, 0.29) is 16.6 Å². The van der Waals surface area contributed by atoms with E-state index in [2.05, 4.69) is 4.72 Å². The van der Waals surface area contributed by atoms with Crippen LogP contribution >= 0.6 is 0 Å². The number of rotatable bonds is 7. The Bertz CT molecular complexity index is 820. The summed E-state index contributed by atoms with van der Waals surface area (Å²) >= 11 is 0. The largest absolute Gasteiger partial charge is 0.273 e. The first-order chi connectivity index (χ1) is 11.3. The van der Waals surface area contributed by atoms with Crippen LogP contribution in [0.1, 0.15) is 24.5 Å². The van der Waals surface area contributed by atoms with Crippen molar-refractivity contribution in [2.24, 2.45) is 0 Å². The molecule has 6 nitrogen and oxygen atoms in total. The zero-order chi connectivity index (χ0) is 17.7. The van der Waals surface area contributed by atoms with Gasteiger partial charge in [0, 0.05) is 17.7 Å². The number of nitro groups is 1. The van der Waals surface area contributed by atoms with E-state index < -0.39 is 14.9 Å². The monoisotopic (exact) mass is 348 g/mol. The van der Waals surface area contributed by atoms with Gasteiger partial charge in [-0.1, -0.05) is 36.4 Å². The standard InChI is InChI=1S/C17H20N2O4S/c1-13-8-11-16(12-17(13)19(20)21)24(22,23)18-14(2)9-10-15-6-4-3-5-7-15/h3-8,11-12,14,18H,9-10H2,1-2H3/t14-/m1/s1. The molecular weight excluding hydrogens is 328 g/mol. The van der Waals surface area contributed by atoms with Crippen molar-refractivity contribution in [2.45, 2.75) is 37.6 Å². The Morgan fingerprint density at radius 2 is 1.83 bits per heavy atom. The highest BCUT2D eigenvalue weighted by molar-refractivity contribution is 7.89. The summed E-state index contributed by atoms with van der Waals surface area (Å²) in [6.07, 6.45) is 1.38. The highest BCUT2D eigenvalue weighted by Crippen LogP contribution is 2.22. The minimum Gasteiger partial charge on any atom is -0.258 e. The van der Waals surface area contributed by atoms with E-state index in [1.807, 2.05) is 30.3 Å². The Labute approximate surface area is 141 Å². The van der Waals surface area contributed by atoms with Crippen molar-refractivity contribution in [1.82, 2.24) is 4.72 Å². The quantitative estimate of drug-likeness (QED) is 0.614. The van der Waals surface area contributed by atoms with Crippen LogP contribution in [0.15, 0.2) is 53.4 Å². The SMILES string of the molecule is Cc1ccc(S(=O)(=O)N[C@H](C)CCc2ccccc2)cc1[N+](=O)[O-]. The second-order valence-electron chi connectivity index (χ2n) is 5.75.